The van der Waals surface area contributed by atoms with Crippen LogP contribution in [0.1, 0.15) is 0 Å². The van der Waals surface area contributed by atoms with Crippen molar-refractivity contribution in [2.45, 2.75) is 0 Å². The van der Waals surface area contributed by atoms with Crippen LogP contribution in [0, 0.1) is 0 Å². The first kappa shape index (κ1) is 29.2. The highest BCUT2D eigenvalue weighted by atomic mass is 16.3. The highest BCUT2D eigenvalue weighted by Gasteiger charge is 2.19. The molecule has 1 heterocycles. The van der Waals surface area contributed by atoms with Crippen molar-refractivity contribution in [2.24, 2.45) is 0 Å². The minimum Gasteiger partial charge on any atom is -0.456 e. The second-order valence-corrected chi connectivity index (χ2v) is 13.3. The van der Waals surface area contributed by atoms with Crippen LogP contribution in [-0.2, 0) is 0 Å². The third kappa shape index (κ3) is 5.02. The molecule has 0 fully saturated rings. The van der Waals surface area contributed by atoms with Gasteiger partial charge < -0.3 is 4.42 Å². The first-order valence-electron chi connectivity index (χ1n) is 17.5. The van der Waals surface area contributed by atoms with Crippen LogP contribution in [0.4, 0.5) is 0 Å². The molecular formula is C50H32O. The van der Waals surface area contributed by atoms with Gasteiger partial charge in [0.1, 0.15) is 11.2 Å². The van der Waals surface area contributed by atoms with Crippen LogP contribution in [0.2, 0.25) is 0 Å². The molecule has 0 saturated carbocycles. The molecule has 0 amide bonds. The smallest absolute Gasteiger partial charge is 0.136 e. The van der Waals surface area contributed by atoms with Crippen LogP contribution in [0.5, 0.6) is 0 Å². The molecule has 0 aliphatic carbocycles. The molecule has 238 valence electrons. The maximum Gasteiger partial charge on any atom is 0.136 e. The van der Waals surface area contributed by atoms with Gasteiger partial charge in [0.2, 0.25) is 0 Å². The van der Waals surface area contributed by atoms with Gasteiger partial charge in [0, 0.05) is 10.8 Å². The van der Waals surface area contributed by atoms with E-state index >= 15 is 0 Å². The van der Waals surface area contributed by atoms with Crippen molar-refractivity contribution < 1.29 is 4.42 Å². The van der Waals surface area contributed by atoms with Gasteiger partial charge in [-0.2, -0.15) is 0 Å². The lowest BCUT2D eigenvalue weighted by Crippen LogP contribution is -1.92. The van der Waals surface area contributed by atoms with Crippen LogP contribution >= 0.6 is 0 Å². The Kier molecular flexibility index (Phi) is 6.89. The number of fused-ring (bicyclic) bond motifs is 5. The van der Waals surface area contributed by atoms with Crippen LogP contribution < -0.4 is 0 Å². The summed E-state index contributed by atoms with van der Waals surface area (Å²) < 4.78 is 6.45. The maximum atomic E-state index is 6.45. The first-order valence-corrected chi connectivity index (χ1v) is 17.5. The van der Waals surface area contributed by atoms with Gasteiger partial charge in [0.25, 0.3) is 0 Å². The molecule has 0 spiro atoms. The fourth-order valence-electron chi connectivity index (χ4n) is 7.86. The monoisotopic (exact) mass is 648 g/mol. The molecule has 9 aromatic carbocycles. The Bertz CT molecular complexity index is 2770. The van der Waals surface area contributed by atoms with E-state index in [1.54, 1.807) is 0 Å². The van der Waals surface area contributed by atoms with Crippen LogP contribution in [0.25, 0.3) is 99.1 Å². The SMILES string of the molecule is c1ccc(-c2cc(-c3ccccc3)cc(-c3c4ccccc4c(-c4ccc5oc6cc(-c7ccccc7)ccc6c5c4)c4ccccc34)c2)cc1. The molecular weight excluding hydrogens is 617 g/mol. The molecule has 1 heteroatoms. The molecule has 0 unspecified atom stereocenters. The van der Waals surface area contributed by atoms with Crippen LogP contribution in [0.3, 0.4) is 0 Å². The third-order valence-corrected chi connectivity index (χ3v) is 10.2. The quantitative estimate of drug-likeness (QED) is 0.169. The molecule has 0 aliphatic heterocycles. The second-order valence-electron chi connectivity index (χ2n) is 13.3. The summed E-state index contributed by atoms with van der Waals surface area (Å²) in [5.74, 6) is 0. The molecule has 0 saturated heterocycles. The van der Waals surface area contributed by atoms with E-state index < -0.39 is 0 Å². The Morgan fingerprint density at radius 2 is 0.647 bits per heavy atom. The zero-order valence-corrected chi connectivity index (χ0v) is 27.9. The van der Waals surface area contributed by atoms with Gasteiger partial charge in [-0.25, -0.2) is 0 Å². The van der Waals surface area contributed by atoms with Crippen LogP contribution in [-0.4, -0.2) is 0 Å². The lowest BCUT2D eigenvalue weighted by atomic mass is 9.84. The number of benzene rings is 9. The lowest BCUT2D eigenvalue weighted by Gasteiger charge is -2.19. The number of hydrogen-bond acceptors (Lipinski definition) is 1. The van der Waals surface area contributed by atoms with Gasteiger partial charge in [-0.05, 0) is 120 Å². The van der Waals surface area contributed by atoms with Crippen molar-refractivity contribution >= 4 is 43.5 Å². The number of hydrogen-bond donors (Lipinski definition) is 0. The molecule has 1 nitrogen and oxygen atoms in total. The van der Waals surface area contributed by atoms with E-state index in [4.69, 9.17) is 4.42 Å². The summed E-state index contributed by atoms with van der Waals surface area (Å²) in [6, 6.07) is 70.0. The average molecular weight is 649 g/mol. The van der Waals surface area contributed by atoms with Crippen molar-refractivity contribution in [3.05, 3.63) is 194 Å². The Morgan fingerprint density at radius 3 is 1.18 bits per heavy atom. The minimum atomic E-state index is 0.898. The molecule has 0 aliphatic rings. The van der Waals surface area contributed by atoms with Gasteiger partial charge in [0.05, 0.1) is 0 Å². The lowest BCUT2D eigenvalue weighted by molar-refractivity contribution is 0.669. The van der Waals surface area contributed by atoms with E-state index in [1.165, 1.54) is 71.6 Å². The van der Waals surface area contributed by atoms with Gasteiger partial charge in [-0.1, -0.05) is 152 Å². The number of furan rings is 1. The Morgan fingerprint density at radius 1 is 0.216 bits per heavy atom. The molecule has 0 atom stereocenters. The zero-order chi connectivity index (χ0) is 33.7. The average Bonchev–Trinajstić information content (AvgIpc) is 3.58. The van der Waals surface area contributed by atoms with Gasteiger partial charge >= 0.3 is 0 Å². The fourth-order valence-corrected chi connectivity index (χ4v) is 7.86. The summed E-state index contributed by atoms with van der Waals surface area (Å²) in [7, 11) is 0. The van der Waals surface area contributed by atoms with E-state index in [2.05, 4.69) is 194 Å². The highest BCUT2D eigenvalue weighted by molar-refractivity contribution is 6.22. The fraction of sp³-hybridized carbons (Fsp3) is 0. The Labute approximate surface area is 296 Å². The zero-order valence-electron chi connectivity index (χ0n) is 27.9. The van der Waals surface area contributed by atoms with Crippen molar-refractivity contribution in [2.75, 3.05) is 0 Å². The van der Waals surface area contributed by atoms with E-state index in [-0.39, 0.29) is 0 Å². The third-order valence-electron chi connectivity index (χ3n) is 10.2. The summed E-state index contributed by atoms with van der Waals surface area (Å²) in [5.41, 5.74) is 13.8. The van der Waals surface area contributed by atoms with Crippen molar-refractivity contribution in [3.63, 3.8) is 0 Å². The molecule has 0 N–H and O–H groups in total. The standard InChI is InChI=1S/C50H32O/c1-4-14-33(15-5-1)36-24-26-41-46-31-37(25-27-47(46)51-48(41)32-36)49-42-20-10-12-22-44(42)50(45-23-13-11-21-43(45)49)40-29-38(34-16-6-2-7-17-34)28-39(30-40)35-18-8-3-9-19-35/h1-32H. The highest BCUT2D eigenvalue weighted by Crippen LogP contribution is 2.46. The summed E-state index contributed by atoms with van der Waals surface area (Å²) in [6.07, 6.45) is 0. The van der Waals surface area contributed by atoms with Gasteiger partial charge in [-0.15, -0.1) is 0 Å². The predicted octanol–water partition coefficient (Wildman–Crippen LogP) is 14.2. The molecule has 0 radical (unpaired) electrons. The summed E-state index contributed by atoms with van der Waals surface area (Å²) >= 11 is 0. The summed E-state index contributed by atoms with van der Waals surface area (Å²) in [4.78, 5) is 0. The Hall–Kier alpha value is -6.70. The molecule has 10 rings (SSSR count). The second kappa shape index (κ2) is 12.0. The normalized spacial score (nSPS) is 11.5. The van der Waals surface area contributed by atoms with Crippen molar-refractivity contribution in [1.82, 2.24) is 0 Å². The molecule has 10 aromatic rings. The van der Waals surface area contributed by atoms with Gasteiger partial charge in [0.15, 0.2) is 0 Å². The summed E-state index contributed by atoms with van der Waals surface area (Å²) in [6.45, 7) is 0. The first-order chi connectivity index (χ1) is 25.3. The van der Waals surface area contributed by atoms with Crippen molar-refractivity contribution in [1.29, 1.82) is 0 Å². The molecule has 51 heavy (non-hydrogen) atoms. The van der Waals surface area contributed by atoms with Crippen LogP contribution in [0.15, 0.2) is 199 Å². The topological polar surface area (TPSA) is 13.1 Å². The largest absolute Gasteiger partial charge is 0.456 e. The maximum absolute atomic E-state index is 6.45. The predicted molar refractivity (Wildman–Crippen MR) is 216 cm³/mol. The van der Waals surface area contributed by atoms with E-state index in [1.807, 2.05) is 0 Å². The molecule has 0 bridgehead atoms. The van der Waals surface area contributed by atoms with E-state index in [0.29, 0.717) is 0 Å². The summed E-state index contributed by atoms with van der Waals surface area (Å²) in [5, 5.41) is 7.19. The van der Waals surface area contributed by atoms with Crippen molar-refractivity contribution in [3.8, 4) is 55.6 Å². The van der Waals surface area contributed by atoms with Gasteiger partial charge in [-0.3, -0.25) is 0 Å². The van der Waals surface area contributed by atoms with E-state index in [0.717, 1.165) is 27.5 Å². The molecule has 1 aromatic heterocycles. The van der Waals surface area contributed by atoms with E-state index in [9.17, 15) is 0 Å². The minimum absolute atomic E-state index is 0.898. The number of rotatable bonds is 5. The Balaban J connectivity index is 1.21.